The number of rotatable bonds is 2. The molecule has 0 saturated heterocycles. The third-order valence-corrected chi connectivity index (χ3v) is 1.88. The minimum Gasteiger partial charge on any atom is -0.449 e. The Labute approximate surface area is 102 Å². The van der Waals surface area contributed by atoms with Crippen molar-refractivity contribution in [1.82, 2.24) is 10.2 Å². The second-order valence-electron chi connectivity index (χ2n) is 2.59. The number of hydrogen-bond acceptors (Lipinski definition) is 4. The Morgan fingerprint density at radius 1 is 1.50 bits per heavy atom. The van der Waals surface area contributed by atoms with Gasteiger partial charge in [0.2, 0.25) is 0 Å². The molecule has 1 amide bonds. The molecule has 1 rings (SSSR count). The molecule has 0 aromatic carbocycles. The fraction of sp³-hybridized carbons (Fsp3) is 0.222. The summed E-state index contributed by atoms with van der Waals surface area (Å²) in [6.07, 6.45) is -0.479. The first kappa shape index (κ1) is 12.6. The zero-order chi connectivity index (χ0) is 12.0. The fourth-order valence-corrected chi connectivity index (χ4v) is 1.09. The first-order valence-corrected chi connectivity index (χ1v) is 4.95. The molecule has 84 valence electrons. The van der Waals surface area contributed by atoms with Gasteiger partial charge in [-0.05, 0) is 6.07 Å². The molecule has 0 fully saturated rings. The third-order valence-electron chi connectivity index (χ3n) is 1.41. The number of halogens is 2. The molecule has 5 nitrogen and oxygen atoms in total. The molecule has 0 aliphatic carbocycles. The molecule has 0 bridgehead atoms. The summed E-state index contributed by atoms with van der Waals surface area (Å²) in [4.78, 5) is 10.2. The van der Waals surface area contributed by atoms with Gasteiger partial charge in [-0.25, -0.2) is 4.79 Å². The Balaban J connectivity index is 2.56. The van der Waals surface area contributed by atoms with Gasteiger partial charge in [0.1, 0.15) is 6.61 Å². The van der Waals surface area contributed by atoms with Crippen molar-refractivity contribution in [2.45, 2.75) is 6.42 Å². The van der Waals surface area contributed by atoms with E-state index in [-0.39, 0.29) is 16.9 Å². The zero-order valence-electron chi connectivity index (χ0n) is 8.04. The lowest BCUT2D eigenvalue weighted by atomic mass is 10.3. The van der Waals surface area contributed by atoms with Gasteiger partial charge in [-0.2, -0.15) is 0 Å². The molecule has 0 unspecified atom stereocenters. The number of nitrogens with zero attached hydrogens (tertiary/aromatic N) is 2. The molecule has 0 atom stereocenters. The van der Waals surface area contributed by atoms with Crippen LogP contribution in [-0.2, 0) is 4.74 Å². The summed E-state index contributed by atoms with van der Waals surface area (Å²) in [6, 6.07) is 1.50. The minimum atomic E-state index is -0.826. The summed E-state index contributed by atoms with van der Waals surface area (Å²) in [7, 11) is 0. The van der Waals surface area contributed by atoms with Crippen molar-refractivity contribution in [2.75, 3.05) is 6.61 Å². The van der Waals surface area contributed by atoms with Gasteiger partial charge in [0.05, 0.1) is 5.56 Å². The predicted octanol–water partition coefficient (Wildman–Crippen LogP) is 1.62. The molecule has 16 heavy (non-hydrogen) atoms. The van der Waals surface area contributed by atoms with Crippen LogP contribution in [0.25, 0.3) is 0 Å². The summed E-state index contributed by atoms with van der Waals surface area (Å²) in [5.74, 6) is 5.46. The van der Waals surface area contributed by atoms with E-state index in [2.05, 4.69) is 26.8 Å². The van der Waals surface area contributed by atoms with Gasteiger partial charge in [0.25, 0.3) is 0 Å². The smallest absolute Gasteiger partial charge is 0.404 e. The number of ether oxygens (including phenoxy) is 1. The van der Waals surface area contributed by atoms with Gasteiger partial charge in [0.15, 0.2) is 10.3 Å². The number of nitrogens with two attached hydrogens (primary N) is 1. The van der Waals surface area contributed by atoms with E-state index in [9.17, 15) is 4.79 Å². The maximum atomic E-state index is 10.2. The zero-order valence-corrected chi connectivity index (χ0v) is 9.55. The van der Waals surface area contributed by atoms with E-state index in [1.165, 1.54) is 6.07 Å². The van der Waals surface area contributed by atoms with Crippen LogP contribution in [0.15, 0.2) is 6.07 Å². The molecule has 7 heteroatoms. The first-order chi connectivity index (χ1) is 7.59. The van der Waals surface area contributed by atoms with Gasteiger partial charge in [0, 0.05) is 6.42 Å². The van der Waals surface area contributed by atoms with Crippen LogP contribution < -0.4 is 5.73 Å². The molecule has 0 spiro atoms. The van der Waals surface area contributed by atoms with E-state index in [1.54, 1.807) is 0 Å². The van der Waals surface area contributed by atoms with E-state index in [0.717, 1.165) is 0 Å². The Bertz CT molecular complexity index is 454. The average Bonchev–Trinajstić information content (AvgIpc) is 2.22. The molecule has 0 saturated carbocycles. The summed E-state index contributed by atoms with van der Waals surface area (Å²) >= 11 is 11.3. The van der Waals surface area contributed by atoms with Gasteiger partial charge in [-0.15, -0.1) is 10.2 Å². The Kier molecular flexibility index (Phi) is 4.83. The largest absolute Gasteiger partial charge is 0.449 e. The number of aromatic nitrogens is 2. The molecular formula is C9H7Cl2N3O2. The van der Waals surface area contributed by atoms with Gasteiger partial charge >= 0.3 is 6.09 Å². The van der Waals surface area contributed by atoms with E-state index >= 15 is 0 Å². The monoisotopic (exact) mass is 259 g/mol. The summed E-state index contributed by atoms with van der Waals surface area (Å²) in [5.41, 5.74) is 5.24. The molecule has 0 aliphatic heterocycles. The highest BCUT2D eigenvalue weighted by Crippen LogP contribution is 2.13. The predicted molar refractivity (Wildman–Crippen MR) is 59.1 cm³/mol. The second-order valence-corrected chi connectivity index (χ2v) is 3.34. The first-order valence-electron chi connectivity index (χ1n) is 4.19. The maximum Gasteiger partial charge on any atom is 0.404 e. The average molecular weight is 260 g/mol. The number of carbonyl (C=O) groups excluding carboxylic acids is 1. The standard InChI is InChI=1S/C9H7Cl2N3O2/c10-7-5-6(8(11)14-13-7)3-1-2-4-16-9(12)15/h5H,2,4H2,(H2,12,15). The lowest BCUT2D eigenvalue weighted by molar-refractivity contribution is 0.159. The van der Waals surface area contributed by atoms with E-state index in [4.69, 9.17) is 28.9 Å². The van der Waals surface area contributed by atoms with Gasteiger partial charge in [-0.1, -0.05) is 35.0 Å². The van der Waals surface area contributed by atoms with Crippen LogP contribution in [0.5, 0.6) is 0 Å². The Morgan fingerprint density at radius 3 is 2.94 bits per heavy atom. The minimum absolute atomic E-state index is 0.131. The highest BCUT2D eigenvalue weighted by molar-refractivity contribution is 6.32. The van der Waals surface area contributed by atoms with Crippen LogP contribution in [0, 0.1) is 11.8 Å². The molecular weight excluding hydrogens is 253 g/mol. The molecule has 1 heterocycles. The summed E-state index contributed by atoms with van der Waals surface area (Å²) < 4.78 is 4.48. The Hall–Kier alpha value is -1.51. The number of hydrogen-bond donors (Lipinski definition) is 1. The van der Waals surface area contributed by atoms with Crippen LogP contribution in [0.1, 0.15) is 12.0 Å². The van der Waals surface area contributed by atoms with E-state index < -0.39 is 6.09 Å². The molecule has 0 aliphatic rings. The van der Waals surface area contributed by atoms with Crippen molar-refractivity contribution >= 4 is 29.3 Å². The van der Waals surface area contributed by atoms with Crippen molar-refractivity contribution < 1.29 is 9.53 Å². The molecule has 0 radical (unpaired) electrons. The third kappa shape index (κ3) is 4.34. The van der Waals surface area contributed by atoms with Crippen molar-refractivity contribution in [3.63, 3.8) is 0 Å². The van der Waals surface area contributed by atoms with Gasteiger partial charge < -0.3 is 10.5 Å². The van der Waals surface area contributed by atoms with Crippen LogP contribution in [0.3, 0.4) is 0 Å². The van der Waals surface area contributed by atoms with E-state index in [0.29, 0.717) is 12.0 Å². The lowest BCUT2D eigenvalue weighted by Gasteiger charge is -1.95. The highest BCUT2D eigenvalue weighted by Gasteiger charge is 2.00. The number of amides is 1. The quantitative estimate of drug-likeness (QED) is 0.647. The maximum absolute atomic E-state index is 10.2. The highest BCUT2D eigenvalue weighted by atomic mass is 35.5. The second kappa shape index (κ2) is 6.16. The SMILES string of the molecule is NC(=O)OCCC#Cc1cc(Cl)nnc1Cl. The van der Waals surface area contributed by atoms with Crippen LogP contribution in [0.2, 0.25) is 10.3 Å². The Morgan fingerprint density at radius 2 is 2.25 bits per heavy atom. The summed E-state index contributed by atoms with van der Waals surface area (Å²) in [6.45, 7) is 0.131. The van der Waals surface area contributed by atoms with Crippen molar-refractivity contribution in [3.8, 4) is 11.8 Å². The lowest BCUT2D eigenvalue weighted by Crippen LogP contribution is -2.13. The number of carbonyl (C=O) groups is 1. The normalized spacial score (nSPS) is 9.12. The molecule has 1 aromatic heterocycles. The van der Waals surface area contributed by atoms with Crippen molar-refractivity contribution in [3.05, 3.63) is 21.9 Å². The van der Waals surface area contributed by atoms with Crippen molar-refractivity contribution in [2.24, 2.45) is 5.73 Å². The molecule has 1 aromatic rings. The van der Waals surface area contributed by atoms with E-state index in [1.807, 2.05) is 0 Å². The fourth-order valence-electron chi connectivity index (χ4n) is 0.801. The molecule has 2 N–H and O–H groups in total. The summed E-state index contributed by atoms with van der Waals surface area (Å²) in [5, 5.41) is 7.50. The van der Waals surface area contributed by atoms with Crippen LogP contribution in [0.4, 0.5) is 4.79 Å². The van der Waals surface area contributed by atoms with Crippen LogP contribution >= 0.6 is 23.2 Å². The van der Waals surface area contributed by atoms with Gasteiger partial charge in [-0.3, -0.25) is 0 Å². The van der Waals surface area contributed by atoms with Crippen LogP contribution in [-0.4, -0.2) is 22.9 Å². The van der Waals surface area contributed by atoms with Crippen molar-refractivity contribution in [1.29, 1.82) is 0 Å². The number of primary amides is 1. The topological polar surface area (TPSA) is 78.1 Å².